The fraction of sp³-hybridized carbons (Fsp3) is 0.462. The van der Waals surface area contributed by atoms with Crippen molar-refractivity contribution >= 4 is 17.5 Å². The number of rotatable bonds is 6. The van der Waals surface area contributed by atoms with Gasteiger partial charge in [0.25, 0.3) is 0 Å². The van der Waals surface area contributed by atoms with Gasteiger partial charge < -0.3 is 15.0 Å². The van der Waals surface area contributed by atoms with Crippen LogP contribution < -0.4 is 10.1 Å². The van der Waals surface area contributed by atoms with Crippen molar-refractivity contribution in [3.8, 4) is 5.75 Å². The molecule has 1 rings (SSSR count). The Morgan fingerprint density at radius 1 is 1.45 bits per heavy atom. The van der Waals surface area contributed by atoms with Crippen LogP contribution >= 0.6 is 11.6 Å². The van der Waals surface area contributed by atoms with E-state index in [0.29, 0.717) is 10.6 Å². The minimum absolute atomic E-state index is 0.0430. The van der Waals surface area contributed by atoms with Crippen LogP contribution in [0, 0.1) is 0 Å². The van der Waals surface area contributed by atoms with E-state index in [1.165, 1.54) is 23.1 Å². The number of halogens is 3. The van der Waals surface area contributed by atoms with Gasteiger partial charge in [-0.05, 0) is 25.1 Å². The molecule has 1 atom stereocenters. The van der Waals surface area contributed by atoms with E-state index < -0.39 is 12.7 Å². The van der Waals surface area contributed by atoms with Crippen LogP contribution in [0.4, 0.5) is 8.78 Å². The molecule has 0 bridgehead atoms. The molecule has 112 valence electrons. The Kier molecular flexibility index (Phi) is 6.16. The molecule has 0 radical (unpaired) electrons. The molecule has 0 aliphatic heterocycles. The molecule has 20 heavy (non-hydrogen) atoms. The standard InChI is InChI=1S/C13H17ClF2N2O2/c1-8(12(19)18(2)3)17-7-9-6-10(14)4-5-11(9)20-13(15)16/h4-6,8,13,17H,7H2,1-3H3. The number of nitrogens with zero attached hydrogens (tertiary/aromatic N) is 1. The highest BCUT2D eigenvalue weighted by Crippen LogP contribution is 2.24. The van der Waals surface area contributed by atoms with Gasteiger partial charge in [0.1, 0.15) is 5.75 Å². The van der Waals surface area contributed by atoms with Crippen LogP contribution in [0.1, 0.15) is 12.5 Å². The summed E-state index contributed by atoms with van der Waals surface area (Å²) in [6.07, 6.45) is 0. The Balaban J connectivity index is 2.75. The molecule has 0 fully saturated rings. The maximum atomic E-state index is 12.3. The Bertz CT molecular complexity index is 470. The SMILES string of the molecule is CC(NCc1cc(Cl)ccc1OC(F)F)C(=O)N(C)C. The molecule has 0 spiro atoms. The van der Waals surface area contributed by atoms with E-state index in [0.717, 1.165) is 0 Å². The lowest BCUT2D eigenvalue weighted by Gasteiger charge is -2.19. The van der Waals surface area contributed by atoms with Crippen molar-refractivity contribution < 1.29 is 18.3 Å². The van der Waals surface area contributed by atoms with Gasteiger partial charge >= 0.3 is 6.61 Å². The highest BCUT2D eigenvalue weighted by Gasteiger charge is 2.16. The number of carbonyl (C=O) groups excluding carboxylic acids is 1. The normalized spacial score (nSPS) is 12.3. The Hall–Kier alpha value is -1.40. The molecule has 0 aromatic heterocycles. The molecule has 1 N–H and O–H groups in total. The molecule has 0 saturated carbocycles. The molecule has 1 amide bonds. The lowest BCUT2D eigenvalue weighted by molar-refractivity contribution is -0.130. The zero-order valence-electron chi connectivity index (χ0n) is 11.5. The van der Waals surface area contributed by atoms with Crippen LogP contribution in [0.25, 0.3) is 0 Å². The predicted octanol–water partition coefficient (Wildman–Crippen LogP) is 2.51. The number of hydrogen-bond donors (Lipinski definition) is 1. The van der Waals surface area contributed by atoms with Gasteiger partial charge in [0, 0.05) is 31.2 Å². The topological polar surface area (TPSA) is 41.6 Å². The van der Waals surface area contributed by atoms with Crippen molar-refractivity contribution in [3.05, 3.63) is 28.8 Å². The Morgan fingerprint density at radius 3 is 2.65 bits per heavy atom. The van der Waals surface area contributed by atoms with E-state index in [4.69, 9.17) is 11.6 Å². The van der Waals surface area contributed by atoms with E-state index in [2.05, 4.69) is 10.1 Å². The molecular formula is C13H17ClF2N2O2. The molecule has 1 aromatic rings. The van der Waals surface area contributed by atoms with Crippen molar-refractivity contribution in [1.82, 2.24) is 10.2 Å². The van der Waals surface area contributed by atoms with Crippen molar-refractivity contribution in [3.63, 3.8) is 0 Å². The minimum atomic E-state index is -2.91. The number of hydrogen-bond acceptors (Lipinski definition) is 3. The first-order chi connectivity index (χ1) is 9.31. The van der Waals surface area contributed by atoms with Crippen LogP contribution in [0.15, 0.2) is 18.2 Å². The van der Waals surface area contributed by atoms with Gasteiger partial charge in [0.05, 0.1) is 6.04 Å². The van der Waals surface area contributed by atoms with Crippen molar-refractivity contribution in [2.24, 2.45) is 0 Å². The van der Waals surface area contributed by atoms with Crippen LogP contribution in [0.5, 0.6) is 5.75 Å². The average molecular weight is 307 g/mol. The van der Waals surface area contributed by atoms with E-state index in [1.54, 1.807) is 21.0 Å². The second kappa shape index (κ2) is 7.40. The molecule has 7 heteroatoms. The van der Waals surface area contributed by atoms with Gasteiger partial charge in [-0.25, -0.2) is 0 Å². The first-order valence-electron chi connectivity index (χ1n) is 5.99. The smallest absolute Gasteiger partial charge is 0.387 e. The quantitative estimate of drug-likeness (QED) is 0.878. The highest BCUT2D eigenvalue weighted by atomic mass is 35.5. The third-order valence-corrected chi connectivity index (χ3v) is 2.88. The fourth-order valence-corrected chi connectivity index (χ4v) is 1.83. The Labute approximate surface area is 121 Å². The number of likely N-dealkylation sites (N-methyl/N-ethyl adjacent to an activating group) is 1. The highest BCUT2D eigenvalue weighted by molar-refractivity contribution is 6.30. The summed E-state index contributed by atoms with van der Waals surface area (Å²) in [7, 11) is 3.29. The molecule has 0 heterocycles. The third kappa shape index (κ3) is 4.94. The number of nitrogens with one attached hydrogen (secondary N) is 1. The summed E-state index contributed by atoms with van der Waals surface area (Å²) >= 11 is 5.84. The molecular weight excluding hydrogens is 290 g/mol. The molecule has 1 aromatic carbocycles. The summed E-state index contributed by atoms with van der Waals surface area (Å²) in [6.45, 7) is -1.01. The number of benzene rings is 1. The predicted molar refractivity (Wildman–Crippen MR) is 73.1 cm³/mol. The first kappa shape index (κ1) is 16.7. The number of alkyl halides is 2. The molecule has 1 unspecified atom stereocenters. The summed E-state index contributed by atoms with van der Waals surface area (Å²) in [6, 6.07) is 3.93. The lowest BCUT2D eigenvalue weighted by Crippen LogP contribution is -2.41. The zero-order chi connectivity index (χ0) is 15.3. The molecule has 0 saturated heterocycles. The van der Waals surface area contributed by atoms with Crippen LogP contribution in [-0.4, -0.2) is 37.6 Å². The zero-order valence-corrected chi connectivity index (χ0v) is 12.2. The van der Waals surface area contributed by atoms with Crippen LogP contribution in [0.3, 0.4) is 0 Å². The summed E-state index contributed by atoms with van der Waals surface area (Å²) < 4.78 is 29.0. The van der Waals surface area contributed by atoms with Crippen LogP contribution in [-0.2, 0) is 11.3 Å². The van der Waals surface area contributed by atoms with Gasteiger partial charge in [-0.3, -0.25) is 4.79 Å². The summed E-state index contributed by atoms with van der Waals surface area (Å²) in [5.74, 6) is -0.0650. The number of ether oxygens (including phenoxy) is 1. The van der Waals surface area contributed by atoms with Crippen molar-refractivity contribution in [2.75, 3.05) is 14.1 Å². The maximum Gasteiger partial charge on any atom is 0.387 e. The second-order valence-electron chi connectivity index (χ2n) is 4.47. The van der Waals surface area contributed by atoms with Gasteiger partial charge in [-0.15, -0.1) is 0 Å². The van der Waals surface area contributed by atoms with Gasteiger partial charge in [-0.1, -0.05) is 11.6 Å². The van der Waals surface area contributed by atoms with E-state index >= 15 is 0 Å². The van der Waals surface area contributed by atoms with Crippen molar-refractivity contribution in [2.45, 2.75) is 26.1 Å². The Morgan fingerprint density at radius 2 is 2.10 bits per heavy atom. The first-order valence-corrected chi connectivity index (χ1v) is 6.37. The summed E-state index contributed by atoms with van der Waals surface area (Å²) in [5, 5.41) is 3.36. The van der Waals surface area contributed by atoms with Gasteiger partial charge in [0.2, 0.25) is 5.91 Å². The monoisotopic (exact) mass is 306 g/mol. The van der Waals surface area contributed by atoms with E-state index in [-0.39, 0.29) is 18.2 Å². The summed E-state index contributed by atoms with van der Waals surface area (Å²) in [5.41, 5.74) is 0.469. The molecule has 0 aliphatic carbocycles. The lowest BCUT2D eigenvalue weighted by atomic mass is 10.2. The fourth-order valence-electron chi connectivity index (χ4n) is 1.63. The average Bonchev–Trinajstić information content (AvgIpc) is 2.37. The molecule has 0 aliphatic rings. The molecule has 4 nitrogen and oxygen atoms in total. The van der Waals surface area contributed by atoms with Crippen molar-refractivity contribution in [1.29, 1.82) is 0 Å². The maximum absolute atomic E-state index is 12.3. The number of amides is 1. The largest absolute Gasteiger partial charge is 0.434 e. The number of carbonyl (C=O) groups is 1. The van der Waals surface area contributed by atoms with Gasteiger partial charge in [-0.2, -0.15) is 8.78 Å². The van der Waals surface area contributed by atoms with E-state index in [1.807, 2.05) is 0 Å². The summed E-state index contributed by atoms with van der Waals surface area (Å²) in [4.78, 5) is 13.1. The van der Waals surface area contributed by atoms with Crippen LogP contribution in [0.2, 0.25) is 5.02 Å². The third-order valence-electron chi connectivity index (χ3n) is 2.65. The van der Waals surface area contributed by atoms with Gasteiger partial charge in [0.15, 0.2) is 0 Å². The second-order valence-corrected chi connectivity index (χ2v) is 4.90. The minimum Gasteiger partial charge on any atom is -0.434 e. The van der Waals surface area contributed by atoms with E-state index in [9.17, 15) is 13.6 Å².